The first-order valence-corrected chi connectivity index (χ1v) is 5.46. The van der Waals surface area contributed by atoms with Gasteiger partial charge in [-0.25, -0.2) is 4.79 Å². The van der Waals surface area contributed by atoms with E-state index in [2.05, 4.69) is 10.6 Å². The first-order valence-electron chi connectivity index (χ1n) is 5.46. The van der Waals surface area contributed by atoms with Crippen LogP contribution >= 0.6 is 0 Å². The maximum atomic E-state index is 11.8. The predicted molar refractivity (Wildman–Crippen MR) is 55.2 cm³/mol. The second-order valence-corrected chi connectivity index (χ2v) is 4.29. The summed E-state index contributed by atoms with van der Waals surface area (Å²) in [5.74, 6) is 0. The largest absolute Gasteiger partial charge is 0.633 e. The Morgan fingerprint density at radius 1 is 1.60 bits per heavy atom. The highest BCUT2D eigenvalue weighted by molar-refractivity contribution is 5.74. The molecule has 6 nitrogen and oxygen atoms in total. The van der Waals surface area contributed by atoms with Gasteiger partial charge in [0.25, 0.3) is 0 Å². The standard InChI is InChI=1S/C9H18N4O2/c1-12-6-4-10-9(14)11-7-3-2-5-13(15)8(7)12/h7-8,13H,2-6H2,1H3,(H2,10,11,14). The van der Waals surface area contributed by atoms with Crippen LogP contribution in [0.5, 0.6) is 0 Å². The number of piperidine rings is 1. The maximum absolute atomic E-state index is 11.8. The molecule has 0 aromatic heterocycles. The predicted octanol–water partition coefficient (Wildman–Crippen LogP) is -1.90. The number of hydrogen-bond donors (Lipinski definition) is 3. The van der Waals surface area contributed by atoms with Crippen LogP contribution in [0.25, 0.3) is 0 Å². The summed E-state index contributed by atoms with van der Waals surface area (Å²) in [6.07, 6.45) is 1.66. The van der Waals surface area contributed by atoms with Gasteiger partial charge in [-0.3, -0.25) is 4.90 Å². The average molecular weight is 214 g/mol. The van der Waals surface area contributed by atoms with Gasteiger partial charge >= 0.3 is 6.03 Å². The Hall–Kier alpha value is -0.850. The van der Waals surface area contributed by atoms with Crippen LogP contribution in [-0.2, 0) is 0 Å². The van der Waals surface area contributed by atoms with E-state index in [9.17, 15) is 10.0 Å². The Morgan fingerprint density at radius 2 is 2.40 bits per heavy atom. The fraction of sp³-hybridized carbons (Fsp3) is 0.889. The number of carbonyl (C=O) groups is 1. The highest BCUT2D eigenvalue weighted by atomic mass is 16.5. The van der Waals surface area contributed by atoms with Crippen molar-refractivity contribution in [1.29, 1.82) is 0 Å². The average Bonchev–Trinajstić information content (AvgIpc) is 2.15. The maximum Gasteiger partial charge on any atom is 0.315 e. The fourth-order valence-electron chi connectivity index (χ4n) is 2.43. The molecule has 0 aliphatic carbocycles. The van der Waals surface area contributed by atoms with Gasteiger partial charge in [0.05, 0.1) is 12.6 Å². The number of nitrogens with one attached hydrogen (secondary N) is 3. The first kappa shape index (κ1) is 10.7. The number of amides is 2. The summed E-state index contributed by atoms with van der Waals surface area (Å²) >= 11 is 0. The van der Waals surface area contributed by atoms with Crippen LogP contribution in [0.1, 0.15) is 12.8 Å². The van der Waals surface area contributed by atoms with Gasteiger partial charge in [-0.05, 0) is 19.9 Å². The van der Waals surface area contributed by atoms with Crippen molar-refractivity contribution in [3.8, 4) is 0 Å². The zero-order chi connectivity index (χ0) is 10.8. The summed E-state index contributed by atoms with van der Waals surface area (Å²) in [4.78, 5) is 13.4. The number of nitrogens with zero attached hydrogens (tertiary/aromatic N) is 1. The molecule has 2 aliphatic rings. The molecule has 2 aliphatic heterocycles. The van der Waals surface area contributed by atoms with Gasteiger partial charge in [0.2, 0.25) is 0 Å². The van der Waals surface area contributed by atoms with E-state index in [1.54, 1.807) is 0 Å². The van der Waals surface area contributed by atoms with Crippen molar-refractivity contribution in [2.75, 3.05) is 26.7 Å². The van der Waals surface area contributed by atoms with Gasteiger partial charge in [-0.15, -0.1) is 0 Å². The van der Waals surface area contributed by atoms with E-state index in [4.69, 9.17) is 0 Å². The molecular formula is C9H18N4O2. The summed E-state index contributed by atoms with van der Waals surface area (Å²) in [6, 6.07) is -0.163. The Labute approximate surface area is 89.2 Å². The highest BCUT2D eigenvalue weighted by Crippen LogP contribution is 2.08. The molecule has 0 saturated carbocycles. The number of likely N-dealkylation sites (N-methyl/N-ethyl adjacent to an activating group) is 1. The molecule has 2 heterocycles. The molecule has 2 amide bonds. The summed E-state index contributed by atoms with van der Waals surface area (Å²) in [6.45, 7) is 1.98. The molecule has 15 heavy (non-hydrogen) atoms. The lowest BCUT2D eigenvalue weighted by atomic mass is 10.0. The third-order valence-corrected chi connectivity index (χ3v) is 3.19. The lowest BCUT2D eigenvalue weighted by Gasteiger charge is -2.45. The van der Waals surface area contributed by atoms with Crippen LogP contribution in [0, 0.1) is 5.21 Å². The minimum Gasteiger partial charge on any atom is -0.633 e. The van der Waals surface area contributed by atoms with Crippen molar-refractivity contribution in [2.24, 2.45) is 0 Å². The van der Waals surface area contributed by atoms with Crippen molar-refractivity contribution in [2.45, 2.75) is 25.0 Å². The van der Waals surface area contributed by atoms with Crippen molar-refractivity contribution in [3.05, 3.63) is 5.21 Å². The number of hydrogen-bond acceptors (Lipinski definition) is 3. The first-order chi connectivity index (χ1) is 7.18. The summed E-state index contributed by atoms with van der Waals surface area (Å²) in [5, 5.41) is 17.7. The SMILES string of the molecule is CN1CCNC(=O)NC2CCC[NH+]([O-])C21. The van der Waals surface area contributed by atoms with Crippen LogP contribution in [0.15, 0.2) is 0 Å². The molecule has 0 spiro atoms. The number of urea groups is 1. The lowest BCUT2D eigenvalue weighted by Crippen LogP contribution is -3.16. The molecule has 3 unspecified atom stereocenters. The Morgan fingerprint density at radius 3 is 3.20 bits per heavy atom. The summed E-state index contributed by atoms with van der Waals surface area (Å²) in [5.41, 5.74) is 0. The number of hydroxylamine groups is 2. The summed E-state index contributed by atoms with van der Waals surface area (Å²) in [7, 11) is 1.94. The summed E-state index contributed by atoms with van der Waals surface area (Å²) < 4.78 is 0. The number of fused-ring (bicyclic) bond motifs is 1. The second-order valence-electron chi connectivity index (χ2n) is 4.29. The van der Waals surface area contributed by atoms with Crippen LogP contribution in [0.3, 0.4) is 0 Å². The van der Waals surface area contributed by atoms with E-state index in [1.807, 2.05) is 11.9 Å². The smallest absolute Gasteiger partial charge is 0.315 e. The van der Waals surface area contributed by atoms with Gasteiger partial charge in [-0.2, -0.15) is 0 Å². The molecule has 0 radical (unpaired) electrons. The topological polar surface area (TPSA) is 71.9 Å². The lowest BCUT2D eigenvalue weighted by molar-refractivity contribution is -0.895. The zero-order valence-electron chi connectivity index (χ0n) is 8.95. The molecule has 0 aromatic rings. The van der Waals surface area contributed by atoms with E-state index in [0.29, 0.717) is 13.1 Å². The molecule has 2 fully saturated rings. The van der Waals surface area contributed by atoms with Crippen molar-refractivity contribution >= 4 is 6.03 Å². The third-order valence-electron chi connectivity index (χ3n) is 3.19. The molecule has 86 valence electrons. The van der Waals surface area contributed by atoms with Crippen LogP contribution in [0.2, 0.25) is 0 Å². The van der Waals surface area contributed by atoms with Crippen LogP contribution in [-0.4, -0.2) is 49.8 Å². The molecule has 6 heteroatoms. The molecule has 2 saturated heterocycles. The number of carbonyl (C=O) groups excluding carboxylic acids is 1. The van der Waals surface area contributed by atoms with E-state index >= 15 is 0 Å². The monoisotopic (exact) mass is 214 g/mol. The van der Waals surface area contributed by atoms with E-state index in [0.717, 1.165) is 19.4 Å². The quantitative estimate of drug-likeness (QED) is 0.413. The van der Waals surface area contributed by atoms with E-state index in [-0.39, 0.29) is 23.3 Å². The van der Waals surface area contributed by atoms with E-state index in [1.165, 1.54) is 0 Å². The van der Waals surface area contributed by atoms with Crippen LogP contribution < -0.4 is 15.7 Å². The van der Waals surface area contributed by atoms with Gasteiger partial charge in [0, 0.05) is 13.1 Å². The van der Waals surface area contributed by atoms with Crippen molar-refractivity contribution in [3.63, 3.8) is 0 Å². The van der Waals surface area contributed by atoms with Crippen molar-refractivity contribution in [1.82, 2.24) is 15.5 Å². The van der Waals surface area contributed by atoms with Gasteiger partial charge in [-0.1, -0.05) is 0 Å². The Balaban J connectivity index is 2.12. The molecule has 3 N–H and O–H groups in total. The zero-order valence-corrected chi connectivity index (χ0v) is 8.95. The normalized spacial score (nSPS) is 38.3. The Kier molecular flexibility index (Phi) is 3.08. The molecule has 0 aromatic carbocycles. The minimum atomic E-state index is -0.146. The van der Waals surface area contributed by atoms with Crippen molar-refractivity contribution < 1.29 is 9.86 Å². The molecule has 0 bridgehead atoms. The van der Waals surface area contributed by atoms with E-state index < -0.39 is 0 Å². The number of quaternary nitrogens is 1. The second kappa shape index (κ2) is 4.34. The minimum absolute atomic E-state index is 0.0171. The van der Waals surface area contributed by atoms with Gasteiger partial charge in [0.1, 0.15) is 0 Å². The molecule has 2 rings (SSSR count). The highest BCUT2D eigenvalue weighted by Gasteiger charge is 2.36. The van der Waals surface area contributed by atoms with Crippen LogP contribution in [0.4, 0.5) is 4.79 Å². The number of rotatable bonds is 0. The molecule has 3 atom stereocenters. The third kappa shape index (κ3) is 2.22. The van der Waals surface area contributed by atoms with Gasteiger partial charge < -0.3 is 20.9 Å². The fourth-order valence-corrected chi connectivity index (χ4v) is 2.43. The van der Waals surface area contributed by atoms with Gasteiger partial charge in [0.15, 0.2) is 6.17 Å². The Bertz CT molecular complexity index is 248. The molecular weight excluding hydrogens is 196 g/mol.